The lowest BCUT2D eigenvalue weighted by Gasteiger charge is -2.29. The summed E-state index contributed by atoms with van der Waals surface area (Å²) in [5.74, 6) is -0.208. The quantitative estimate of drug-likeness (QED) is 0.649. The summed E-state index contributed by atoms with van der Waals surface area (Å²) < 4.78 is 0. The standard InChI is InChI=1S/C14H27N3O2/c1-11(2)17-12(18)9-16-13(19)14(10-15)7-5-3-4-6-8-14/h11H,3-10,15H2,1-2H3,(H,16,19)(H,17,18). The van der Waals surface area contributed by atoms with Crippen molar-refractivity contribution in [3.8, 4) is 0 Å². The molecule has 4 N–H and O–H groups in total. The van der Waals surface area contributed by atoms with Crippen molar-refractivity contribution in [3.05, 3.63) is 0 Å². The van der Waals surface area contributed by atoms with Gasteiger partial charge in [0.2, 0.25) is 11.8 Å². The molecule has 5 nitrogen and oxygen atoms in total. The maximum absolute atomic E-state index is 12.3. The van der Waals surface area contributed by atoms with Crippen molar-refractivity contribution in [2.24, 2.45) is 11.1 Å². The van der Waals surface area contributed by atoms with Crippen LogP contribution in [0, 0.1) is 5.41 Å². The molecule has 0 bridgehead atoms. The minimum absolute atomic E-state index is 0.0404. The second-order valence-electron chi connectivity index (χ2n) is 5.80. The van der Waals surface area contributed by atoms with E-state index in [0.29, 0.717) is 6.54 Å². The minimum atomic E-state index is -0.464. The van der Waals surface area contributed by atoms with Gasteiger partial charge in [-0.25, -0.2) is 0 Å². The van der Waals surface area contributed by atoms with Gasteiger partial charge >= 0.3 is 0 Å². The van der Waals surface area contributed by atoms with E-state index >= 15 is 0 Å². The van der Waals surface area contributed by atoms with E-state index in [4.69, 9.17) is 5.73 Å². The Balaban J connectivity index is 2.51. The SMILES string of the molecule is CC(C)NC(=O)CNC(=O)C1(CN)CCCCCC1. The maximum Gasteiger partial charge on any atom is 0.239 e. The van der Waals surface area contributed by atoms with Gasteiger partial charge in [-0.3, -0.25) is 9.59 Å². The van der Waals surface area contributed by atoms with E-state index in [1.807, 2.05) is 13.8 Å². The summed E-state index contributed by atoms with van der Waals surface area (Å²) in [6.07, 6.45) is 6.10. The topological polar surface area (TPSA) is 84.2 Å². The highest BCUT2D eigenvalue weighted by atomic mass is 16.2. The Hall–Kier alpha value is -1.10. The highest BCUT2D eigenvalue weighted by molar-refractivity contribution is 5.88. The molecule has 0 aromatic carbocycles. The van der Waals surface area contributed by atoms with Crippen LogP contribution in [-0.4, -0.2) is 30.9 Å². The molecule has 0 radical (unpaired) electrons. The van der Waals surface area contributed by atoms with E-state index in [1.165, 1.54) is 12.8 Å². The van der Waals surface area contributed by atoms with Gasteiger partial charge in [-0.1, -0.05) is 25.7 Å². The predicted octanol–water partition coefficient (Wildman–Crippen LogP) is 0.927. The summed E-state index contributed by atoms with van der Waals surface area (Å²) in [4.78, 5) is 23.9. The molecule has 0 aromatic heterocycles. The Morgan fingerprint density at radius 1 is 1.16 bits per heavy atom. The molecule has 1 rings (SSSR count). The molecule has 0 atom stereocenters. The molecule has 5 heteroatoms. The Morgan fingerprint density at radius 2 is 1.74 bits per heavy atom. The van der Waals surface area contributed by atoms with Crippen molar-refractivity contribution >= 4 is 11.8 Å². The van der Waals surface area contributed by atoms with E-state index in [9.17, 15) is 9.59 Å². The van der Waals surface area contributed by atoms with Gasteiger partial charge in [0.1, 0.15) is 0 Å². The molecule has 0 saturated heterocycles. The largest absolute Gasteiger partial charge is 0.352 e. The van der Waals surface area contributed by atoms with E-state index < -0.39 is 5.41 Å². The molecule has 1 aliphatic carbocycles. The average molecular weight is 269 g/mol. The second kappa shape index (κ2) is 7.48. The van der Waals surface area contributed by atoms with Crippen LogP contribution in [0.2, 0.25) is 0 Å². The molecule has 0 aromatic rings. The molecule has 110 valence electrons. The first-order valence-electron chi connectivity index (χ1n) is 7.28. The summed E-state index contributed by atoms with van der Waals surface area (Å²) in [7, 11) is 0. The zero-order valence-corrected chi connectivity index (χ0v) is 12.1. The molecular formula is C14H27N3O2. The summed E-state index contributed by atoms with van der Waals surface area (Å²) >= 11 is 0. The molecule has 1 fully saturated rings. The summed E-state index contributed by atoms with van der Waals surface area (Å²) in [6, 6.07) is 0.0887. The van der Waals surface area contributed by atoms with Gasteiger partial charge in [-0.15, -0.1) is 0 Å². The van der Waals surface area contributed by atoms with Crippen LogP contribution in [0.5, 0.6) is 0 Å². The molecule has 1 saturated carbocycles. The number of rotatable bonds is 5. The normalized spacial score (nSPS) is 18.7. The van der Waals surface area contributed by atoms with E-state index in [2.05, 4.69) is 10.6 Å². The van der Waals surface area contributed by atoms with Crippen LogP contribution in [0.1, 0.15) is 52.4 Å². The minimum Gasteiger partial charge on any atom is -0.352 e. The molecule has 19 heavy (non-hydrogen) atoms. The van der Waals surface area contributed by atoms with Crippen molar-refractivity contribution in [1.29, 1.82) is 0 Å². The Labute approximate surface area is 115 Å². The van der Waals surface area contributed by atoms with Gasteiger partial charge in [0, 0.05) is 12.6 Å². The van der Waals surface area contributed by atoms with Crippen molar-refractivity contribution in [2.45, 2.75) is 58.4 Å². The van der Waals surface area contributed by atoms with Gasteiger partial charge in [0.25, 0.3) is 0 Å². The lowest BCUT2D eigenvalue weighted by Crippen LogP contribution is -2.49. The van der Waals surface area contributed by atoms with E-state index in [0.717, 1.165) is 25.7 Å². The third kappa shape index (κ3) is 4.82. The first-order chi connectivity index (χ1) is 9.00. The number of hydrogen-bond donors (Lipinski definition) is 3. The number of nitrogens with one attached hydrogen (secondary N) is 2. The monoisotopic (exact) mass is 269 g/mol. The highest BCUT2D eigenvalue weighted by Crippen LogP contribution is 2.34. The number of amides is 2. The maximum atomic E-state index is 12.3. The third-order valence-electron chi connectivity index (χ3n) is 3.79. The lowest BCUT2D eigenvalue weighted by molar-refractivity contribution is -0.133. The van der Waals surface area contributed by atoms with E-state index in [-0.39, 0.29) is 24.4 Å². The van der Waals surface area contributed by atoms with Crippen molar-refractivity contribution < 1.29 is 9.59 Å². The third-order valence-corrected chi connectivity index (χ3v) is 3.79. The molecule has 0 spiro atoms. The zero-order valence-electron chi connectivity index (χ0n) is 12.1. The smallest absolute Gasteiger partial charge is 0.239 e. The highest BCUT2D eigenvalue weighted by Gasteiger charge is 2.37. The van der Waals surface area contributed by atoms with Crippen molar-refractivity contribution in [1.82, 2.24) is 10.6 Å². The van der Waals surface area contributed by atoms with Gasteiger partial charge in [0.05, 0.1) is 12.0 Å². The van der Waals surface area contributed by atoms with Gasteiger partial charge < -0.3 is 16.4 Å². The number of hydrogen-bond acceptors (Lipinski definition) is 3. The van der Waals surface area contributed by atoms with Gasteiger partial charge in [-0.05, 0) is 26.7 Å². The summed E-state index contributed by atoms with van der Waals surface area (Å²) in [6.45, 7) is 4.20. The van der Waals surface area contributed by atoms with Crippen LogP contribution in [0.15, 0.2) is 0 Å². The van der Waals surface area contributed by atoms with Crippen molar-refractivity contribution in [3.63, 3.8) is 0 Å². The van der Waals surface area contributed by atoms with Crippen LogP contribution in [0.3, 0.4) is 0 Å². The number of carbonyl (C=O) groups is 2. The van der Waals surface area contributed by atoms with Crippen LogP contribution in [0.25, 0.3) is 0 Å². The molecule has 0 unspecified atom stereocenters. The van der Waals surface area contributed by atoms with E-state index in [1.54, 1.807) is 0 Å². The fourth-order valence-corrected chi connectivity index (χ4v) is 2.65. The van der Waals surface area contributed by atoms with Crippen LogP contribution >= 0.6 is 0 Å². The Morgan fingerprint density at radius 3 is 2.21 bits per heavy atom. The molecule has 0 heterocycles. The zero-order chi connectivity index (χ0) is 14.3. The van der Waals surface area contributed by atoms with Gasteiger partial charge in [-0.2, -0.15) is 0 Å². The number of nitrogens with two attached hydrogens (primary N) is 1. The average Bonchev–Trinajstić information content (AvgIpc) is 2.61. The van der Waals surface area contributed by atoms with Gasteiger partial charge in [0.15, 0.2) is 0 Å². The fourth-order valence-electron chi connectivity index (χ4n) is 2.65. The molecular weight excluding hydrogens is 242 g/mol. The first-order valence-corrected chi connectivity index (χ1v) is 7.28. The molecule has 1 aliphatic rings. The fraction of sp³-hybridized carbons (Fsp3) is 0.857. The van der Waals surface area contributed by atoms with Crippen LogP contribution < -0.4 is 16.4 Å². The van der Waals surface area contributed by atoms with Crippen LogP contribution in [0.4, 0.5) is 0 Å². The lowest BCUT2D eigenvalue weighted by atomic mass is 9.79. The molecule has 0 aliphatic heterocycles. The van der Waals surface area contributed by atoms with Crippen LogP contribution in [-0.2, 0) is 9.59 Å². The number of carbonyl (C=O) groups excluding carboxylic acids is 2. The Bertz CT molecular complexity index is 308. The predicted molar refractivity (Wildman–Crippen MR) is 75.5 cm³/mol. The molecule has 2 amide bonds. The second-order valence-corrected chi connectivity index (χ2v) is 5.80. The van der Waals surface area contributed by atoms with Crippen molar-refractivity contribution in [2.75, 3.05) is 13.1 Å². The summed E-state index contributed by atoms with van der Waals surface area (Å²) in [5.41, 5.74) is 5.37. The Kier molecular flexibility index (Phi) is 6.28. The first kappa shape index (κ1) is 16.0. The summed E-state index contributed by atoms with van der Waals surface area (Å²) in [5, 5.41) is 5.51.